The van der Waals surface area contributed by atoms with Gasteiger partial charge in [-0.1, -0.05) is 35.9 Å². The maximum absolute atomic E-state index is 6.22. The summed E-state index contributed by atoms with van der Waals surface area (Å²) in [5, 5.41) is 0.564. The summed E-state index contributed by atoms with van der Waals surface area (Å²) >= 11 is 6.22. The Balaban J connectivity index is 0.00000108. The number of benzene rings is 2. The van der Waals surface area contributed by atoms with Crippen molar-refractivity contribution >= 4 is 22.5 Å². The fraction of sp³-hybridized carbons (Fsp3) is 0.0714. The molecule has 1 nitrogen and oxygen atoms in total. The fourth-order valence-corrected chi connectivity index (χ4v) is 2.23. The van der Waals surface area contributed by atoms with E-state index in [9.17, 15) is 0 Å². The molecule has 1 heterocycles. The van der Waals surface area contributed by atoms with E-state index in [-0.39, 0.29) is 32.7 Å². The van der Waals surface area contributed by atoms with Crippen LogP contribution in [0.2, 0.25) is 0 Å². The molecule has 0 amide bonds. The Bertz CT molecular complexity index is 578. The molecule has 0 aromatic heterocycles. The van der Waals surface area contributed by atoms with Crippen LogP contribution >= 0.6 is 11.6 Å². The maximum atomic E-state index is 6.22. The molecule has 17 heavy (non-hydrogen) atoms. The summed E-state index contributed by atoms with van der Waals surface area (Å²) < 4.78 is 0. The summed E-state index contributed by atoms with van der Waals surface area (Å²) in [5.74, 6) is 0. The van der Waals surface area contributed by atoms with Crippen LogP contribution in [0.4, 0.5) is 5.69 Å². The van der Waals surface area contributed by atoms with Gasteiger partial charge in [0.1, 0.15) is 5.17 Å². The smallest absolute Gasteiger partial charge is 0.123 e. The van der Waals surface area contributed by atoms with Gasteiger partial charge >= 0.3 is 0 Å². The standard InChI is InChI=1S/C14H9ClN.Y/c15-14-12-7-3-1-5-10(12)9-11-6-2-4-8-13(11)16-14;/h1-3,5-8H,9H2;/q-1;. The Morgan fingerprint density at radius 1 is 1.12 bits per heavy atom. The number of aliphatic imine (C=N–C) groups is 1. The SMILES string of the molecule is ClC1=Nc2c[c-]ccc2Cc2ccccc21.[Y]. The van der Waals surface area contributed by atoms with E-state index in [4.69, 9.17) is 11.6 Å². The van der Waals surface area contributed by atoms with Crippen LogP contribution in [-0.2, 0) is 39.1 Å². The van der Waals surface area contributed by atoms with Crippen LogP contribution in [0.3, 0.4) is 0 Å². The Morgan fingerprint density at radius 3 is 2.82 bits per heavy atom. The number of fused-ring (bicyclic) bond motifs is 2. The van der Waals surface area contributed by atoms with Gasteiger partial charge in [-0.15, -0.1) is 5.56 Å². The van der Waals surface area contributed by atoms with E-state index in [1.807, 2.05) is 36.4 Å². The van der Waals surface area contributed by atoms with Gasteiger partial charge in [-0.05, 0) is 17.7 Å². The Labute approximate surface area is 131 Å². The first-order valence-corrected chi connectivity index (χ1v) is 5.54. The Kier molecular flexibility index (Phi) is 4.14. The Hall–Kier alpha value is -0.496. The minimum absolute atomic E-state index is 0. The van der Waals surface area contributed by atoms with Gasteiger partial charge in [0.25, 0.3) is 0 Å². The van der Waals surface area contributed by atoms with Crippen LogP contribution < -0.4 is 0 Å². The van der Waals surface area contributed by atoms with Crippen LogP contribution in [0.1, 0.15) is 16.7 Å². The van der Waals surface area contributed by atoms with Crippen LogP contribution in [0, 0.1) is 6.07 Å². The van der Waals surface area contributed by atoms with Crippen molar-refractivity contribution in [1.82, 2.24) is 0 Å². The van der Waals surface area contributed by atoms with Gasteiger partial charge in [0, 0.05) is 38.3 Å². The summed E-state index contributed by atoms with van der Waals surface area (Å²) in [6.45, 7) is 0. The second-order valence-corrected chi connectivity index (χ2v) is 4.15. The van der Waals surface area contributed by atoms with E-state index in [1.165, 1.54) is 11.1 Å². The molecule has 0 fully saturated rings. The quantitative estimate of drug-likeness (QED) is 0.657. The minimum atomic E-state index is 0. The first-order chi connectivity index (χ1) is 7.84. The molecule has 0 bridgehead atoms. The number of rotatable bonds is 0. The first-order valence-electron chi connectivity index (χ1n) is 5.16. The molecule has 1 aliphatic rings. The van der Waals surface area contributed by atoms with Crippen LogP contribution in [0.5, 0.6) is 0 Å². The molecule has 3 rings (SSSR count). The predicted octanol–water partition coefficient (Wildman–Crippen LogP) is 3.71. The van der Waals surface area contributed by atoms with Gasteiger partial charge in [0.05, 0.1) is 0 Å². The maximum Gasteiger partial charge on any atom is 0.123 e. The number of hydrogen-bond acceptors (Lipinski definition) is 1. The molecule has 3 heteroatoms. The van der Waals surface area contributed by atoms with Gasteiger partial charge in [0.2, 0.25) is 0 Å². The average Bonchev–Trinajstić information content (AvgIpc) is 2.45. The van der Waals surface area contributed by atoms with Crippen LogP contribution in [0.15, 0.2) is 47.5 Å². The van der Waals surface area contributed by atoms with Gasteiger partial charge in [-0.2, -0.15) is 24.3 Å². The van der Waals surface area contributed by atoms with Crippen LogP contribution in [0.25, 0.3) is 0 Å². The van der Waals surface area contributed by atoms with Crippen LogP contribution in [-0.4, -0.2) is 5.17 Å². The molecule has 0 spiro atoms. The molecular formula is C14H9ClNY-. The molecule has 0 unspecified atom stereocenters. The third-order valence-corrected chi connectivity index (χ3v) is 3.06. The average molecular weight is 316 g/mol. The second kappa shape index (κ2) is 5.43. The fourth-order valence-electron chi connectivity index (χ4n) is 1.95. The van der Waals surface area contributed by atoms with E-state index >= 15 is 0 Å². The minimum Gasteiger partial charge on any atom is -0.302 e. The van der Waals surface area contributed by atoms with E-state index in [0.29, 0.717) is 5.17 Å². The molecular weight excluding hydrogens is 307 g/mol. The second-order valence-electron chi connectivity index (χ2n) is 3.79. The van der Waals surface area contributed by atoms with E-state index in [1.54, 1.807) is 0 Å². The van der Waals surface area contributed by atoms with Crippen molar-refractivity contribution in [2.45, 2.75) is 6.42 Å². The van der Waals surface area contributed by atoms with Crippen molar-refractivity contribution in [3.05, 3.63) is 65.2 Å². The normalized spacial score (nSPS) is 12.6. The van der Waals surface area contributed by atoms with Crippen molar-refractivity contribution in [3.8, 4) is 0 Å². The zero-order valence-electron chi connectivity index (χ0n) is 9.15. The monoisotopic (exact) mass is 315 g/mol. The largest absolute Gasteiger partial charge is 0.302 e. The third-order valence-electron chi connectivity index (χ3n) is 2.77. The van der Waals surface area contributed by atoms with Gasteiger partial charge in [0.15, 0.2) is 0 Å². The van der Waals surface area contributed by atoms with Crippen molar-refractivity contribution < 1.29 is 32.7 Å². The topological polar surface area (TPSA) is 12.4 Å². The predicted molar refractivity (Wildman–Crippen MR) is 66.6 cm³/mol. The third kappa shape index (κ3) is 2.52. The summed E-state index contributed by atoms with van der Waals surface area (Å²) in [4.78, 5) is 4.43. The first kappa shape index (κ1) is 12.9. The molecule has 0 saturated carbocycles. The van der Waals surface area contributed by atoms with E-state index in [2.05, 4.69) is 17.1 Å². The summed E-state index contributed by atoms with van der Waals surface area (Å²) in [7, 11) is 0. The zero-order chi connectivity index (χ0) is 11.0. The number of hydrogen-bond donors (Lipinski definition) is 0. The summed E-state index contributed by atoms with van der Waals surface area (Å²) in [5.41, 5.74) is 4.37. The molecule has 1 aliphatic heterocycles. The molecule has 0 atom stereocenters. The zero-order valence-corrected chi connectivity index (χ0v) is 12.7. The number of nitrogens with zero attached hydrogens (tertiary/aromatic N) is 1. The van der Waals surface area contributed by atoms with Crippen molar-refractivity contribution in [3.63, 3.8) is 0 Å². The summed E-state index contributed by atoms with van der Waals surface area (Å²) in [6.07, 6.45) is 0.875. The summed E-state index contributed by atoms with van der Waals surface area (Å²) in [6, 6.07) is 17.0. The molecule has 2 aromatic carbocycles. The molecule has 2 aromatic rings. The Morgan fingerprint density at radius 2 is 1.94 bits per heavy atom. The molecule has 0 saturated heterocycles. The van der Waals surface area contributed by atoms with Crippen molar-refractivity contribution in [2.75, 3.05) is 0 Å². The van der Waals surface area contributed by atoms with Gasteiger partial charge in [-0.25, -0.2) is 0 Å². The molecule has 1 radical (unpaired) electrons. The van der Waals surface area contributed by atoms with E-state index < -0.39 is 0 Å². The molecule has 81 valence electrons. The van der Waals surface area contributed by atoms with Gasteiger partial charge < -0.3 is 4.99 Å². The number of halogens is 1. The van der Waals surface area contributed by atoms with E-state index in [0.717, 1.165) is 17.7 Å². The van der Waals surface area contributed by atoms with Gasteiger partial charge in [-0.3, -0.25) is 0 Å². The molecule has 0 aliphatic carbocycles. The van der Waals surface area contributed by atoms with Crippen molar-refractivity contribution in [2.24, 2.45) is 4.99 Å². The molecule has 0 N–H and O–H groups in total. The van der Waals surface area contributed by atoms with Crippen molar-refractivity contribution in [1.29, 1.82) is 0 Å².